The largest absolute Gasteiger partial charge is 0.423 e. The normalized spacial score (nSPS) is 14.9. The molecule has 0 bridgehead atoms. The maximum atomic E-state index is 11.9. The van der Waals surface area contributed by atoms with E-state index in [0.29, 0.717) is 5.75 Å². The van der Waals surface area contributed by atoms with E-state index in [1.807, 2.05) is 48.7 Å². The molecule has 3 nitrogen and oxygen atoms in total. The molecule has 0 N–H and O–H groups in total. The maximum absolute atomic E-state index is 11.9. The van der Waals surface area contributed by atoms with Gasteiger partial charge in [0.05, 0.1) is 0 Å². The molecule has 0 unspecified atom stereocenters. The third kappa shape index (κ3) is 4.46. The molecular formula is C20H21NO2. The van der Waals surface area contributed by atoms with Gasteiger partial charge >= 0.3 is 5.97 Å². The minimum atomic E-state index is -0.331. The van der Waals surface area contributed by atoms with Crippen molar-refractivity contribution in [2.24, 2.45) is 0 Å². The number of esters is 1. The molecule has 2 aromatic rings. The van der Waals surface area contributed by atoms with Crippen LogP contribution in [0.25, 0.3) is 11.1 Å². The molecule has 0 atom stereocenters. The van der Waals surface area contributed by atoms with Crippen LogP contribution in [0.15, 0.2) is 66.9 Å². The Labute approximate surface area is 137 Å². The van der Waals surface area contributed by atoms with Crippen LogP contribution in [0.2, 0.25) is 0 Å². The Morgan fingerprint density at radius 1 is 0.870 bits per heavy atom. The second-order valence-electron chi connectivity index (χ2n) is 5.72. The van der Waals surface area contributed by atoms with Gasteiger partial charge in [0.25, 0.3) is 0 Å². The van der Waals surface area contributed by atoms with Crippen LogP contribution in [0, 0.1) is 0 Å². The van der Waals surface area contributed by atoms with Gasteiger partial charge in [0.2, 0.25) is 0 Å². The van der Waals surface area contributed by atoms with E-state index in [1.165, 1.54) is 25.3 Å². The van der Waals surface area contributed by atoms with Crippen LogP contribution < -0.4 is 4.74 Å². The van der Waals surface area contributed by atoms with Crippen molar-refractivity contribution in [1.82, 2.24) is 4.90 Å². The molecule has 2 aromatic carbocycles. The van der Waals surface area contributed by atoms with Crippen molar-refractivity contribution < 1.29 is 9.53 Å². The summed E-state index contributed by atoms with van der Waals surface area (Å²) >= 11 is 0. The Morgan fingerprint density at radius 3 is 2.22 bits per heavy atom. The van der Waals surface area contributed by atoms with Crippen molar-refractivity contribution in [3.63, 3.8) is 0 Å². The molecule has 1 aliphatic heterocycles. The standard InChI is InChI=1S/C20H21NO2/c22-20(13-16-21-14-5-2-6-15-21)23-19-11-9-18(10-12-19)17-7-3-1-4-8-17/h1,3-4,7-13,16H,2,5-6,14-15H2/b16-13+. The van der Waals surface area contributed by atoms with E-state index >= 15 is 0 Å². The zero-order valence-electron chi connectivity index (χ0n) is 13.2. The van der Waals surface area contributed by atoms with Crippen molar-refractivity contribution in [1.29, 1.82) is 0 Å². The lowest BCUT2D eigenvalue weighted by Gasteiger charge is -2.24. The molecule has 3 rings (SSSR count). The van der Waals surface area contributed by atoms with E-state index in [4.69, 9.17) is 4.74 Å². The highest BCUT2D eigenvalue weighted by Crippen LogP contribution is 2.22. The van der Waals surface area contributed by atoms with Crippen molar-refractivity contribution in [2.45, 2.75) is 19.3 Å². The van der Waals surface area contributed by atoms with Crippen LogP contribution in [0.5, 0.6) is 5.75 Å². The highest BCUT2D eigenvalue weighted by Gasteiger charge is 2.07. The van der Waals surface area contributed by atoms with Gasteiger partial charge in [-0.3, -0.25) is 0 Å². The van der Waals surface area contributed by atoms with Gasteiger partial charge in [-0.1, -0.05) is 42.5 Å². The molecule has 0 spiro atoms. The van der Waals surface area contributed by atoms with Crippen LogP contribution in [0.3, 0.4) is 0 Å². The van der Waals surface area contributed by atoms with Gasteiger partial charge in [-0.15, -0.1) is 0 Å². The number of ether oxygens (including phenoxy) is 1. The maximum Gasteiger partial charge on any atom is 0.337 e. The quantitative estimate of drug-likeness (QED) is 0.480. The molecule has 1 saturated heterocycles. The lowest BCUT2D eigenvalue weighted by atomic mass is 10.1. The van der Waals surface area contributed by atoms with E-state index in [0.717, 1.165) is 24.2 Å². The molecule has 1 fully saturated rings. The van der Waals surface area contributed by atoms with Gasteiger partial charge in [0.15, 0.2) is 0 Å². The molecular weight excluding hydrogens is 286 g/mol. The Bertz CT molecular complexity index is 656. The molecule has 0 amide bonds. The number of hydrogen-bond acceptors (Lipinski definition) is 3. The fourth-order valence-corrected chi connectivity index (χ4v) is 2.73. The van der Waals surface area contributed by atoms with Crippen molar-refractivity contribution in [3.05, 3.63) is 66.9 Å². The van der Waals surface area contributed by atoms with E-state index in [2.05, 4.69) is 17.0 Å². The monoisotopic (exact) mass is 307 g/mol. The number of hydrogen-bond donors (Lipinski definition) is 0. The summed E-state index contributed by atoms with van der Waals surface area (Å²) in [6.07, 6.45) is 7.03. The summed E-state index contributed by atoms with van der Waals surface area (Å²) in [5.41, 5.74) is 2.25. The Hall–Kier alpha value is -2.55. The van der Waals surface area contributed by atoms with Crippen LogP contribution in [-0.2, 0) is 4.79 Å². The number of benzene rings is 2. The molecule has 1 aliphatic rings. The molecule has 0 radical (unpaired) electrons. The molecule has 118 valence electrons. The summed E-state index contributed by atoms with van der Waals surface area (Å²) in [5.74, 6) is 0.237. The lowest BCUT2D eigenvalue weighted by molar-refractivity contribution is -0.129. The number of rotatable bonds is 4. The first-order valence-corrected chi connectivity index (χ1v) is 8.11. The van der Waals surface area contributed by atoms with Gasteiger partial charge in [0.1, 0.15) is 5.75 Å². The molecule has 0 saturated carbocycles. The number of likely N-dealkylation sites (tertiary alicyclic amines) is 1. The first-order chi connectivity index (χ1) is 11.3. The zero-order chi connectivity index (χ0) is 15.9. The topological polar surface area (TPSA) is 29.5 Å². The predicted octanol–water partition coefficient (Wildman–Crippen LogP) is 4.26. The summed E-state index contributed by atoms with van der Waals surface area (Å²) in [6, 6.07) is 17.7. The fourth-order valence-electron chi connectivity index (χ4n) is 2.73. The highest BCUT2D eigenvalue weighted by atomic mass is 16.5. The highest BCUT2D eigenvalue weighted by molar-refractivity contribution is 5.84. The Balaban J connectivity index is 1.57. The third-order valence-electron chi connectivity index (χ3n) is 3.99. The molecule has 0 aliphatic carbocycles. The molecule has 23 heavy (non-hydrogen) atoms. The van der Waals surface area contributed by atoms with Crippen LogP contribution in [0.4, 0.5) is 0 Å². The minimum Gasteiger partial charge on any atom is -0.423 e. The molecule has 1 heterocycles. The van der Waals surface area contributed by atoms with Crippen LogP contribution in [0.1, 0.15) is 19.3 Å². The number of carbonyl (C=O) groups is 1. The second kappa shape index (κ2) is 7.63. The molecule has 0 aromatic heterocycles. The zero-order valence-corrected chi connectivity index (χ0v) is 13.2. The second-order valence-corrected chi connectivity index (χ2v) is 5.72. The number of nitrogens with zero attached hydrogens (tertiary/aromatic N) is 1. The SMILES string of the molecule is O=C(/C=C/N1CCCCC1)Oc1ccc(-c2ccccc2)cc1. The average molecular weight is 307 g/mol. The summed E-state index contributed by atoms with van der Waals surface area (Å²) in [4.78, 5) is 14.0. The van der Waals surface area contributed by atoms with Crippen LogP contribution >= 0.6 is 0 Å². The average Bonchev–Trinajstić information content (AvgIpc) is 2.62. The summed E-state index contributed by atoms with van der Waals surface area (Å²) in [6.45, 7) is 2.05. The van der Waals surface area contributed by atoms with Crippen molar-refractivity contribution in [2.75, 3.05) is 13.1 Å². The van der Waals surface area contributed by atoms with Crippen molar-refractivity contribution >= 4 is 5.97 Å². The summed E-state index contributed by atoms with van der Waals surface area (Å²) in [5, 5.41) is 0. The Morgan fingerprint density at radius 2 is 1.52 bits per heavy atom. The van der Waals surface area contributed by atoms with Gasteiger partial charge in [-0.2, -0.15) is 0 Å². The third-order valence-corrected chi connectivity index (χ3v) is 3.99. The van der Waals surface area contributed by atoms with E-state index in [1.54, 1.807) is 0 Å². The lowest BCUT2D eigenvalue weighted by Crippen LogP contribution is -2.24. The van der Waals surface area contributed by atoms with E-state index in [-0.39, 0.29) is 5.97 Å². The van der Waals surface area contributed by atoms with Crippen molar-refractivity contribution in [3.8, 4) is 16.9 Å². The van der Waals surface area contributed by atoms with E-state index in [9.17, 15) is 4.79 Å². The predicted molar refractivity (Wildman–Crippen MR) is 92.1 cm³/mol. The molecule has 3 heteroatoms. The van der Waals surface area contributed by atoms with Gasteiger partial charge < -0.3 is 9.64 Å². The summed E-state index contributed by atoms with van der Waals surface area (Å²) < 4.78 is 5.34. The van der Waals surface area contributed by atoms with Gasteiger partial charge in [-0.25, -0.2) is 4.79 Å². The number of piperidine rings is 1. The first kappa shape index (κ1) is 15.3. The fraction of sp³-hybridized carbons (Fsp3) is 0.250. The smallest absolute Gasteiger partial charge is 0.337 e. The van der Waals surface area contributed by atoms with Gasteiger partial charge in [-0.05, 0) is 42.5 Å². The van der Waals surface area contributed by atoms with E-state index < -0.39 is 0 Å². The minimum absolute atomic E-state index is 0.331. The van der Waals surface area contributed by atoms with Crippen LogP contribution in [-0.4, -0.2) is 24.0 Å². The Kier molecular flexibility index (Phi) is 5.09. The number of carbonyl (C=O) groups excluding carboxylic acids is 1. The first-order valence-electron chi connectivity index (χ1n) is 8.11. The summed E-state index contributed by atoms with van der Waals surface area (Å²) in [7, 11) is 0. The van der Waals surface area contributed by atoms with Gasteiger partial charge in [0, 0.05) is 25.4 Å².